The van der Waals surface area contributed by atoms with Gasteiger partial charge in [0, 0.05) is 38.6 Å². The van der Waals surface area contributed by atoms with E-state index in [0.717, 1.165) is 25.7 Å². The predicted octanol–water partition coefficient (Wildman–Crippen LogP) is 4.02. The number of carbonyl (C=O) groups is 1. The van der Waals surface area contributed by atoms with Gasteiger partial charge in [-0.15, -0.1) is 0 Å². The van der Waals surface area contributed by atoms with E-state index in [4.69, 9.17) is 14.2 Å². The van der Waals surface area contributed by atoms with Crippen molar-refractivity contribution in [1.29, 1.82) is 0 Å². The average Bonchev–Trinajstić information content (AvgIpc) is 2.80. The Morgan fingerprint density at radius 3 is 2.63 bits per heavy atom. The van der Waals surface area contributed by atoms with Crippen LogP contribution in [0.25, 0.3) is 0 Å². The van der Waals surface area contributed by atoms with Crippen LogP contribution in [0.3, 0.4) is 0 Å². The van der Waals surface area contributed by atoms with E-state index in [1.165, 1.54) is 5.56 Å². The molecule has 6 heteroatoms. The van der Waals surface area contributed by atoms with Gasteiger partial charge in [-0.2, -0.15) is 0 Å². The number of likely N-dealkylation sites (tertiary alicyclic amines) is 1. The van der Waals surface area contributed by atoms with Crippen molar-refractivity contribution in [3.8, 4) is 5.88 Å². The summed E-state index contributed by atoms with van der Waals surface area (Å²) >= 11 is 0. The van der Waals surface area contributed by atoms with E-state index in [0.29, 0.717) is 31.3 Å². The second-order valence-corrected chi connectivity index (χ2v) is 8.07. The molecule has 2 aliphatic heterocycles. The fourth-order valence-electron chi connectivity index (χ4n) is 4.62. The minimum Gasteiger partial charge on any atom is -0.481 e. The molecule has 0 saturated carbocycles. The van der Waals surface area contributed by atoms with Crippen molar-refractivity contribution >= 4 is 5.91 Å². The van der Waals surface area contributed by atoms with Gasteiger partial charge >= 0.3 is 0 Å². The van der Waals surface area contributed by atoms with E-state index in [-0.39, 0.29) is 23.7 Å². The van der Waals surface area contributed by atoms with Crippen LogP contribution in [-0.2, 0) is 9.47 Å². The van der Waals surface area contributed by atoms with Crippen molar-refractivity contribution in [2.24, 2.45) is 0 Å². The Morgan fingerprint density at radius 1 is 1.17 bits per heavy atom. The summed E-state index contributed by atoms with van der Waals surface area (Å²) in [4.78, 5) is 19.1. The first kappa shape index (κ1) is 20.8. The number of aromatic nitrogens is 1. The third-order valence-electron chi connectivity index (χ3n) is 6.16. The number of amides is 1. The zero-order chi connectivity index (χ0) is 21.0. The summed E-state index contributed by atoms with van der Waals surface area (Å²) in [6.45, 7) is 4.05. The normalized spacial score (nSPS) is 23.3. The number of rotatable bonds is 5. The standard InChI is InChI=1S/C24H30N2O4/c1-3-29-19-16-21(18-8-5-4-6-9-18)30-24(17-19)12-14-26(15-13-24)23(27)20-10-7-11-22(25-20)28-2/h4-11,19,21H,3,12-17H2,1-2H3. The molecule has 1 amide bonds. The van der Waals surface area contributed by atoms with E-state index < -0.39 is 0 Å². The van der Waals surface area contributed by atoms with Gasteiger partial charge in [-0.05, 0) is 31.4 Å². The summed E-state index contributed by atoms with van der Waals surface area (Å²) in [6.07, 6.45) is 3.56. The minimum atomic E-state index is -0.253. The minimum absolute atomic E-state index is 0.0267. The molecule has 1 aromatic heterocycles. The van der Waals surface area contributed by atoms with Crippen LogP contribution < -0.4 is 4.74 Å². The van der Waals surface area contributed by atoms with Gasteiger partial charge in [0.1, 0.15) is 5.69 Å². The molecule has 4 rings (SSSR count). The fourth-order valence-corrected chi connectivity index (χ4v) is 4.62. The Hall–Kier alpha value is -2.44. The van der Waals surface area contributed by atoms with Crippen molar-refractivity contribution in [2.45, 2.75) is 50.4 Å². The van der Waals surface area contributed by atoms with Gasteiger partial charge in [0.15, 0.2) is 0 Å². The van der Waals surface area contributed by atoms with Gasteiger partial charge in [0.25, 0.3) is 5.91 Å². The molecular weight excluding hydrogens is 380 g/mol. The molecule has 2 fully saturated rings. The number of benzene rings is 1. The highest BCUT2D eigenvalue weighted by Crippen LogP contribution is 2.44. The van der Waals surface area contributed by atoms with Crippen molar-refractivity contribution in [1.82, 2.24) is 9.88 Å². The van der Waals surface area contributed by atoms with Crippen LogP contribution in [0, 0.1) is 0 Å². The van der Waals surface area contributed by atoms with E-state index in [1.807, 2.05) is 17.9 Å². The monoisotopic (exact) mass is 410 g/mol. The van der Waals surface area contributed by atoms with Crippen LogP contribution in [0.2, 0.25) is 0 Å². The van der Waals surface area contributed by atoms with Crippen LogP contribution in [0.15, 0.2) is 48.5 Å². The zero-order valence-corrected chi connectivity index (χ0v) is 17.8. The number of piperidine rings is 1. The fraction of sp³-hybridized carbons (Fsp3) is 0.500. The first-order valence-electron chi connectivity index (χ1n) is 10.8. The number of hydrogen-bond acceptors (Lipinski definition) is 5. The average molecular weight is 411 g/mol. The number of methoxy groups -OCH3 is 1. The molecule has 0 N–H and O–H groups in total. The van der Waals surface area contributed by atoms with E-state index in [2.05, 4.69) is 29.2 Å². The van der Waals surface area contributed by atoms with Gasteiger partial charge in [-0.25, -0.2) is 4.98 Å². The van der Waals surface area contributed by atoms with Gasteiger partial charge in [0.2, 0.25) is 5.88 Å². The molecule has 0 radical (unpaired) electrons. The molecule has 2 aromatic rings. The van der Waals surface area contributed by atoms with E-state index in [9.17, 15) is 4.79 Å². The molecule has 6 nitrogen and oxygen atoms in total. The molecule has 0 bridgehead atoms. The maximum Gasteiger partial charge on any atom is 0.272 e. The summed E-state index contributed by atoms with van der Waals surface area (Å²) in [5, 5.41) is 0. The third kappa shape index (κ3) is 4.50. The summed E-state index contributed by atoms with van der Waals surface area (Å²) < 4.78 is 17.9. The van der Waals surface area contributed by atoms with E-state index >= 15 is 0 Å². The summed E-state index contributed by atoms with van der Waals surface area (Å²) in [5.41, 5.74) is 1.36. The lowest BCUT2D eigenvalue weighted by Gasteiger charge is -2.48. The first-order valence-corrected chi connectivity index (χ1v) is 10.8. The molecule has 2 atom stereocenters. The van der Waals surface area contributed by atoms with Crippen molar-refractivity contribution in [2.75, 3.05) is 26.8 Å². The second kappa shape index (κ2) is 9.14. The summed E-state index contributed by atoms with van der Waals surface area (Å²) in [6, 6.07) is 15.7. The Kier molecular flexibility index (Phi) is 6.35. The molecule has 0 aliphatic carbocycles. The van der Waals surface area contributed by atoms with Crippen LogP contribution in [-0.4, -0.2) is 54.3 Å². The quantitative estimate of drug-likeness (QED) is 0.745. The molecular formula is C24H30N2O4. The molecule has 2 aliphatic rings. The molecule has 160 valence electrons. The zero-order valence-electron chi connectivity index (χ0n) is 17.8. The maximum absolute atomic E-state index is 12.9. The van der Waals surface area contributed by atoms with Crippen molar-refractivity contribution in [3.63, 3.8) is 0 Å². The number of ether oxygens (including phenoxy) is 3. The third-order valence-corrected chi connectivity index (χ3v) is 6.16. The Bertz CT molecular complexity index is 849. The second-order valence-electron chi connectivity index (χ2n) is 8.07. The summed E-state index contributed by atoms with van der Waals surface area (Å²) in [7, 11) is 1.56. The molecule has 1 aromatic carbocycles. The van der Waals surface area contributed by atoms with Gasteiger partial charge in [-0.1, -0.05) is 36.4 Å². The Morgan fingerprint density at radius 2 is 1.93 bits per heavy atom. The Labute approximate surface area is 178 Å². The number of pyridine rings is 1. The topological polar surface area (TPSA) is 60.9 Å². The van der Waals surface area contributed by atoms with E-state index in [1.54, 1.807) is 25.3 Å². The molecule has 1 spiro atoms. The van der Waals surface area contributed by atoms with Crippen LogP contribution in [0.4, 0.5) is 0 Å². The highest BCUT2D eigenvalue weighted by Gasteiger charge is 2.45. The maximum atomic E-state index is 12.9. The highest BCUT2D eigenvalue weighted by molar-refractivity contribution is 5.92. The molecule has 3 heterocycles. The van der Waals surface area contributed by atoms with Gasteiger partial charge < -0.3 is 19.1 Å². The van der Waals surface area contributed by atoms with Gasteiger partial charge in [-0.3, -0.25) is 4.79 Å². The molecule has 2 unspecified atom stereocenters. The Balaban J connectivity index is 1.46. The molecule has 30 heavy (non-hydrogen) atoms. The number of carbonyl (C=O) groups excluding carboxylic acids is 1. The predicted molar refractivity (Wildman–Crippen MR) is 114 cm³/mol. The van der Waals surface area contributed by atoms with Gasteiger partial charge in [0.05, 0.1) is 24.9 Å². The lowest BCUT2D eigenvalue weighted by atomic mass is 9.80. The van der Waals surface area contributed by atoms with Crippen molar-refractivity contribution in [3.05, 3.63) is 59.8 Å². The molecule has 2 saturated heterocycles. The van der Waals surface area contributed by atoms with Crippen LogP contribution >= 0.6 is 0 Å². The largest absolute Gasteiger partial charge is 0.481 e. The first-order chi connectivity index (χ1) is 14.6. The SMILES string of the molecule is CCOC1CC(c2ccccc2)OC2(CCN(C(=O)c3cccc(OC)n3)CC2)C1. The lowest BCUT2D eigenvalue weighted by Crippen LogP contribution is -2.52. The highest BCUT2D eigenvalue weighted by atomic mass is 16.5. The van der Waals surface area contributed by atoms with Crippen LogP contribution in [0.1, 0.15) is 54.8 Å². The smallest absolute Gasteiger partial charge is 0.272 e. The lowest BCUT2D eigenvalue weighted by molar-refractivity contribution is -0.190. The van der Waals surface area contributed by atoms with Crippen molar-refractivity contribution < 1.29 is 19.0 Å². The van der Waals surface area contributed by atoms with Crippen LogP contribution in [0.5, 0.6) is 5.88 Å². The number of nitrogens with zero attached hydrogens (tertiary/aromatic N) is 2. The number of hydrogen-bond donors (Lipinski definition) is 0. The summed E-state index contributed by atoms with van der Waals surface area (Å²) in [5.74, 6) is 0.399.